The molecule has 344 valence electrons. The molecule has 0 aliphatic carbocycles. The molecule has 0 amide bonds. The van der Waals surface area contributed by atoms with E-state index in [0.717, 1.165) is 47.9 Å². The summed E-state index contributed by atoms with van der Waals surface area (Å²) in [6.45, 7) is 6.27. The summed E-state index contributed by atoms with van der Waals surface area (Å²) in [7, 11) is 0. The SMILES string of the molecule is CCCSc1nc(Cl)c(N)c(Cl)n1.CCCSc1nc(Cl)c(N=Nc2ccccc2)c(Cl)n1.CCCSc1nc(Cl)c(N=Nc2ccccc2)c(Nc2ccccc2)n1.[CH3-].[CH3-].[Pd].[Pt]. The van der Waals surface area contributed by atoms with E-state index in [9.17, 15) is 0 Å². The molecule has 22 heteroatoms. The van der Waals surface area contributed by atoms with Crippen LogP contribution in [0.1, 0.15) is 40.0 Å². The van der Waals surface area contributed by atoms with Gasteiger partial charge in [-0.15, -0.1) is 10.2 Å². The van der Waals surface area contributed by atoms with E-state index >= 15 is 0 Å². The minimum absolute atomic E-state index is 0. The first kappa shape index (κ1) is 60.6. The van der Waals surface area contributed by atoms with Gasteiger partial charge in [0.2, 0.25) is 0 Å². The maximum absolute atomic E-state index is 6.39. The smallest absolute Gasteiger partial charge is 0.191 e. The van der Waals surface area contributed by atoms with Crippen LogP contribution < -0.4 is 11.1 Å². The molecule has 63 heavy (non-hydrogen) atoms. The van der Waals surface area contributed by atoms with Gasteiger partial charge in [0.25, 0.3) is 0 Å². The molecule has 0 bridgehead atoms. The number of azo groups is 2. The van der Waals surface area contributed by atoms with Crippen molar-refractivity contribution in [1.82, 2.24) is 29.9 Å². The molecule has 3 aromatic heterocycles. The van der Waals surface area contributed by atoms with Crippen LogP contribution >= 0.6 is 93.3 Å². The number of nitrogens with zero attached hydrogens (tertiary/aromatic N) is 10. The first-order valence-corrected chi connectivity index (χ1v) is 22.9. The second kappa shape index (κ2) is 33.9. The molecule has 12 nitrogen and oxygen atoms in total. The second-order valence-corrected chi connectivity index (χ2v) is 16.5. The largest absolute Gasteiger partial charge is 0.394 e. The molecule has 0 saturated heterocycles. The molecule has 0 saturated carbocycles. The molecule has 0 fully saturated rings. The molecule has 0 aliphatic rings. The molecular weight excluding hydrogens is 1240 g/mol. The summed E-state index contributed by atoms with van der Waals surface area (Å²) in [6, 6.07) is 28.5. The predicted molar refractivity (Wildman–Crippen MR) is 262 cm³/mol. The maximum atomic E-state index is 6.39. The van der Waals surface area contributed by atoms with Crippen molar-refractivity contribution in [2.24, 2.45) is 20.5 Å². The number of halogens is 5. The van der Waals surface area contributed by atoms with Crippen molar-refractivity contribution < 1.29 is 41.5 Å². The Hall–Kier alpha value is -2.45. The van der Waals surface area contributed by atoms with Crippen LogP contribution in [-0.2, 0) is 41.5 Å². The van der Waals surface area contributed by atoms with Crippen LogP contribution in [-0.4, -0.2) is 47.2 Å². The normalized spacial score (nSPS) is 10.2. The van der Waals surface area contributed by atoms with E-state index in [-0.39, 0.29) is 93.5 Å². The Kier molecular flexibility index (Phi) is 32.6. The van der Waals surface area contributed by atoms with Gasteiger partial charge >= 0.3 is 0 Å². The summed E-state index contributed by atoms with van der Waals surface area (Å²) < 4.78 is 0. The van der Waals surface area contributed by atoms with Gasteiger partial charge in [0, 0.05) is 64.4 Å². The van der Waals surface area contributed by atoms with Crippen LogP contribution in [0.3, 0.4) is 0 Å². The van der Waals surface area contributed by atoms with E-state index in [2.05, 4.69) is 76.4 Å². The van der Waals surface area contributed by atoms with E-state index in [4.69, 9.17) is 63.7 Å². The van der Waals surface area contributed by atoms with E-state index in [1.807, 2.05) is 91.0 Å². The van der Waals surface area contributed by atoms with Gasteiger partial charge < -0.3 is 25.9 Å². The van der Waals surface area contributed by atoms with Crippen molar-refractivity contribution in [3.8, 4) is 0 Å². The Balaban J connectivity index is 0.000000933. The number of hydrogen-bond donors (Lipinski definition) is 2. The third-order valence-electron chi connectivity index (χ3n) is 6.82. The first-order valence-electron chi connectivity index (χ1n) is 18.0. The fraction of sp³-hybridized carbons (Fsp3) is 0.220. The quantitative estimate of drug-likeness (QED) is 0.0251. The fourth-order valence-electron chi connectivity index (χ4n) is 4.09. The van der Waals surface area contributed by atoms with Crippen molar-refractivity contribution in [3.63, 3.8) is 0 Å². The molecule has 6 rings (SSSR count). The van der Waals surface area contributed by atoms with Gasteiger partial charge in [-0.2, -0.15) is 10.2 Å². The van der Waals surface area contributed by atoms with Crippen LogP contribution in [0.15, 0.2) is 127 Å². The molecule has 3 N–H and O–H groups in total. The third-order valence-corrected chi connectivity index (χ3v) is 11.3. The summed E-state index contributed by atoms with van der Waals surface area (Å²) in [5, 5.41) is 22.8. The molecule has 3 aromatic carbocycles. The van der Waals surface area contributed by atoms with Gasteiger partial charge in [-0.25, -0.2) is 29.9 Å². The number of thioether (sulfide) groups is 3. The Bertz CT molecular complexity index is 2230. The number of para-hydroxylation sites is 1. The molecule has 0 aliphatic heterocycles. The van der Waals surface area contributed by atoms with Crippen LogP contribution in [0.25, 0.3) is 0 Å². The summed E-state index contributed by atoms with van der Waals surface area (Å²) in [4.78, 5) is 25.2. The predicted octanol–water partition coefficient (Wildman–Crippen LogP) is 16.3. The summed E-state index contributed by atoms with van der Waals surface area (Å²) >= 11 is 34.6. The molecule has 3 heterocycles. The summed E-state index contributed by atoms with van der Waals surface area (Å²) in [5.74, 6) is 3.31. The van der Waals surface area contributed by atoms with Crippen LogP contribution in [0.5, 0.6) is 0 Å². The molecule has 0 spiro atoms. The topological polar surface area (TPSA) is 165 Å². The number of anilines is 3. The first-order chi connectivity index (χ1) is 28.6. The Morgan fingerprint density at radius 2 is 0.825 bits per heavy atom. The van der Waals surface area contributed by atoms with Gasteiger partial charge in [-0.05, 0) is 55.7 Å². The van der Waals surface area contributed by atoms with Crippen molar-refractivity contribution >= 4 is 133 Å². The van der Waals surface area contributed by atoms with E-state index in [0.29, 0.717) is 32.7 Å². The zero-order chi connectivity index (χ0) is 42.4. The average molecular weight is 1280 g/mol. The second-order valence-electron chi connectivity index (χ2n) is 11.5. The molecule has 0 radical (unpaired) electrons. The summed E-state index contributed by atoms with van der Waals surface area (Å²) in [5.41, 5.74) is 8.77. The minimum Gasteiger partial charge on any atom is -0.394 e. The van der Waals surface area contributed by atoms with Crippen molar-refractivity contribution in [2.75, 3.05) is 28.3 Å². The number of aromatic nitrogens is 6. The average Bonchev–Trinajstić information content (AvgIpc) is 3.24. The Labute approximate surface area is 436 Å². The molecule has 0 unspecified atom stereocenters. The molecular formula is C41H45Cl5N12PdPtS3-2. The Morgan fingerprint density at radius 3 is 1.22 bits per heavy atom. The number of nitrogens with one attached hydrogen (secondary N) is 1. The van der Waals surface area contributed by atoms with Gasteiger partial charge in [0.05, 0.1) is 11.4 Å². The molecule has 0 atom stereocenters. The number of rotatable bonds is 15. The van der Waals surface area contributed by atoms with E-state index < -0.39 is 0 Å². The van der Waals surface area contributed by atoms with Crippen molar-refractivity contribution in [1.29, 1.82) is 0 Å². The third kappa shape index (κ3) is 21.6. The Morgan fingerprint density at radius 1 is 0.492 bits per heavy atom. The minimum atomic E-state index is 0. The van der Waals surface area contributed by atoms with Crippen LogP contribution in [0, 0.1) is 14.9 Å². The van der Waals surface area contributed by atoms with Crippen LogP contribution in [0.2, 0.25) is 25.8 Å². The van der Waals surface area contributed by atoms with Crippen LogP contribution in [0.4, 0.5) is 39.9 Å². The van der Waals surface area contributed by atoms with Gasteiger partial charge in [-0.1, -0.05) is 169 Å². The zero-order valence-electron chi connectivity index (χ0n) is 34.7. The number of benzene rings is 3. The van der Waals surface area contributed by atoms with Crippen molar-refractivity contribution in [2.45, 2.75) is 55.5 Å². The fourth-order valence-corrected chi connectivity index (χ4v) is 7.49. The van der Waals surface area contributed by atoms with E-state index in [1.54, 1.807) is 11.8 Å². The van der Waals surface area contributed by atoms with Crippen molar-refractivity contribution in [3.05, 3.63) is 132 Å². The molecule has 6 aromatic rings. The number of hydrogen-bond acceptors (Lipinski definition) is 15. The maximum Gasteiger partial charge on any atom is 0.191 e. The van der Waals surface area contributed by atoms with E-state index in [1.165, 1.54) is 23.5 Å². The summed E-state index contributed by atoms with van der Waals surface area (Å²) in [6.07, 6.45) is 3.11. The van der Waals surface area contributed by atoms with Gasteiger partial charge in [0.1, 0.15) is 5.69 Å². The standard InChI is InChI=1S/C19H18ClN5S.C13H12Cl2N4S.C7H9Cl2N3S.2CH3.Pd.Pt/c1-2-13-26-19-22-17(20)16(25-24-15-11-7-4-8-12-15)18(23-19)21-14-9-5-3-6-10-14;1-2-8-20-13-16-11(14)10(12(15)17-13)19-18-9-6-4-3-5-7-9;1-2-3-13-7-11-5(8)4(10)6(9)12-7;;;;/h3-12H,2,13H2,1H3,(H,21,22,23);3-7H,2,8H2,1H3;2-3,10H2,1H3;2*1H3;;/q;;;2*-1;;. The number of nitrogens with two attached hydrogens (primary N) is 1. The van der Waals surface area contributed by atoms with Gasteiger partial charge in [0.15, 0.2) is 58.4 Å². The number of nitrogen functional groups attached to an aromatic ring is 1. The monoisotopic (exact) mass is 1280 g/mol. The zero-order valence-corrected chi connectivity index (χ0v) is 44.8. The van der Waals surface area contributed by atoms with Gasteiger partial charge in [-0.3, -0.25) is 0 Å².